The molecule has 1 aromatic heterocycles. The second kappa shape index (κ2) is 5.02. The van der Waals surface area contributed by atoms with Crippen molar-refractivity contribution in [1.29, 1.82) is 0 Å². The van der Waals surface area contributed by atoms with Gasteiger partial charge in [0.15, 0.2) is 0 Å². The summed E-state index contributed by atoms with van der Waals surface area (Å²) in [4.78, 5) is 15.2. The molecule has 0 fully saturated rings. The van der Waals surface area contributed by atoms with Crippen molar-refractivity contribution in [2.75, 3.05) is 0 Å². The number of thiazole rings is 1. The van der Waals surface area contributed by atoms with E-state index in [4.69, 9.17) is 0 Å². The molecule has 1 heterocycles. The normalized spacial score (nSPS) is 11.5. The molecule has 0 amide bonds. The summed E-state index contributed by atoms with van der Waals surface area (Å²) in [7, 11) is 0. The third kappa shape index (κ3) is 3.05. The van der Waals surface area contributed by atoms with Crippen LogP contribution in [0.1, 0.15) is 47.4 Å². The Kier molecular flexibility index (Phi) is 3.62. The summed E-state index contributed by atoms with van der Waals surface area (Å²) >= 11 is 1.70. The van der Waals surface area contributed by atoms with E-state index in [1.165, 1.54) is 5.56 Å². The van der Waals surface area contributed by atoms with Gasteiger partial charge in [0.05, 0.1) is 10.7 Å². The van der Waals surface area contributed by atoms with Gasteiger partial charge in [0.1, 0.15) is 6.29 Å². The molecule has 2 aromatic rings. The van der Waals surface area contributed by atoms with E-state index < -0.39 is 0 Å². The maximum absolute atomic E-state index is 10.6. The molecule has 0 aliphatic rings. The minimum absolute atomic E-state index is 0.107. The number of nitrogens with zero attached hydrogens (tertiary/aromatic N) is 1. The molecule has 0 aliphatic heterocycles. The Morgan fingerprint density at radius 3 is 2.39 bits per heavy atom. The molecule has 0 saturated carbocycles. The maximum Gasteiger partial charge on any atom is 0.150 e. The monoisotopic (exact) mass is 259 g/mol. The molecule has 2 rings (SSSR count). The molecule has 0 unspecified atom stereocenters. The van der Waals surface area contributed by atoms with Crippen LogP contribution < -0.4 is 0 Å². The predicted octanol–water partition coefficient (Wildman–Crippen LogP) is 3.84. The van der Waals surface area contributed by atoms with E-state index >= 15 is 0 Å². The average molecular weight is 259 g/mol. The van der Waals surface area contributed by atoms with Crippen molar-refractivity contribution in [3.8, 4) is 0 Å². The Balaban J connectivity index is 2.13. The Bertz CT molecular complexity index is 534. The van der Waals surface area contributed by atoms with Crippen molar-refractivity contribution in [2.45, 2.75) is 32.6 Å². The van der Waals surface area contributed by atoms with E-state index in [1.54, 1.807) is 11.3 Å². The minimum atomic E-state index is 0.107. The van der Waals surface area contributed by atoms with Crippen molar-refractivity contribution in [1.82, 2.24) is 4.98 Å². The molecule has 0 radical (unpaired) electrons. The lowest BCUT2D eigenvalue weighted by Gasteiger charge is -2.14. The van der Waals surface area contributed by atoms with Gasteiger partial charge in [-0.15, -0.1) is 11.3 Å². The van der Waals surface area contributed by atoms with Crippen LogP contribution in [0.5, 0.6) is 0 Å². The van der Waals surface area contributed by atoms with Crippen LogP contribution in [0, 0.1) is 0 Å². The fourth-order valence-electron chi connectivity index (χ4n) is 1.63. The van der Waals surface area contributed by atoms with E-state index in [9.17, 15) is 4.79 Å². The highest BCUT2D eigenvalue weighted by molar-refractivity contribution is 7.09. The average Bonchev–Trinajstić information content (AvgIpc) is 2.78. The molecule has 3 heteroatoms. The quantitative estimate of drug-likeness (QED) is 0.784. The number of carbonyl (C=O) groups is 1. The van der Waals surface area contributed by atoms with Gasteiger partial charge in [0.2, 0.25) is 0 Å². The third-order valence-corrected chi connectivity index (χ3v) is 3.64. The number of aromatic nitrogens is 1. The maximum atomic E-state index is 10.6. The second-order valence-electron chi connectivity index (χ2n) is 5.41. The smallest absolute Gasteiger partial charge is 0.150 e. The minimum Gasteiger partial charge on any atom is -0.298 e. The van der Waals surface area contributed by atoms with Crippen LogP contribution in [0.2, 0.25) is 0 Å². The second-order valence-corrected chi connectivity index (χ2v) is 6.36. The molecule has 94 valence electrons. The first-order valence-corrected chi connectivity index (χ1v) is 6.86. The topological polar surface area (TPSA) is 30.0 Å². The first kappa shape index (κ1) is 13.0. The molecule has 0 N–H and O–H groups in total. The highest BCUT2D eigenvalue weighted by Crippen LogP contribution is 2.25. The van der Waals surface area contributed by atoms with Gasteiger partial charge in [-0.25, -0.2) is 4.98 Å². The summed E-state index contributed by atoms with van der Waals surface area (Å²) in [6.07, 6.45) is 1.70. The van der Waals surface area contributed by atoms with Gasteiger partial charge in [-0.1, -0.05) is 45.0 Å². The Morgan fingerprint density at radius 2 is 1.89 bits per heavy atom. The van der Waals surface area contributed by atoms with Crippen LogP contribution in [-0.2, 0) is 11.8 Å². The number of benzene rings is 1. The molecule has 0 saturated heterocycles. The van der Waals surface area contributed by atoms with Crippen LogP contribution in [0.4, 0.5) is 0 Å². The molecular formula is C15H17NOS. The largest absolute Gasteiger partial charge is 0.298 e. The Hall–Kier alpha value is -1.48. The van der Waals surface area contributed by atoms with Crippen LogP contribution in [0.15, 0.2) is 29.6 Å². The van der Waals surface area contributed by atoms with Crippen molar-refractivity contribution in [3.63, 3.8) is 0 Å². The summed E-state index contributed by atoms with van der Waals surface area (Å²) in [6, 6.07) is 7.67. The molecule has 0 atom stereocenters. The number of aldehydes is 1. The molecule has 2 nitrogen and oxygen atoms in total. The van der Waals surface area contributed by atoms with Crippen molar-refractivity contribution in [2.24, 2.45) is 0 Å². The fourth-order valence-corrected chi connectivity index (χ4v) is 2.68. The lowest BCUT2D eigenvalue weighted by Crippen LogP contribution is -2.11. The number of hydrogen-bond donors (Lipinski definition) is 0. The molecule has 1 aromatic carbocycles. The molecule has 0 aliphatic carbocycles. The Morgan fingerprint density at radius 1 is 1.22 bits per heavy atom. The van der Waals surface area contributed by atoms with Crippen molar-refractivity contribution < 1.29 is 4.79 Å². The van der Waals surface area contributed by atoms with Crippen LogP contribution in [0.25, 0.3) is 0 Å². The lowest BCUT2D eigenvalue weighted by molar-refractivity contribution is 0.112. The van der Waals surface area contributed by atoms with Gasteiger partial charge in [-0.2, -0.15) is 0 Å². The van der Waals surface area contributed by atoms with Crippen molar-refractivity contribution >= 4 is 17.6 Å². The summed E-state index contributed by atoms with van der Waals surface area (Å²) < 4.78 is 0. The first-order chi connectivity index (χ1) is 8.49. The zero-order chi connectivity index (χ0) is 13.2. The standard InChI is InChI=1S/C15H17NOS/c1-15(2,3)13-10-18-14(16-13)8-11-4-6-12(9-17)7-5-11/h4-7,9-10H,8H2,1-3H3. The highest BCUT2D eigenvalue weighted by atomic mass is 32.1. The van der Waals surface area contributed by atoms with E-state index in [1.807, 2.05) is 24.3 Å². The molecular weight excluding hydrogens is 242 g/mol. The fraction of sp³-hybridized carbons (Fsp3) is 0.333. The third-order valence-electron chi connectivity index (χ3n) is 2.79. The van der Waals surface area contributed by atoms with Gasteiger partial charge < -0.3 is 0 Å². The molecule has 0 bridgehead atoms. The summed E-state index contributed by atoms with van der Waals surface area (Å²) in [5.41, 5.74) is 3.16. The highest BCUT2D eigenvalue weighted by Gasteiger charge is 2.17. The van der Waals surface area contributed by atoms with Gasteiger partial charge in [0.25, 0.3) is 0 Å². The lowest BCUT2D eigenvalue weighted by atomic mass is 9.93. The zero-order valence-electron chi connectivity index (χ0n) is 10.9. The first-order valence-electron chi connectivity index (χ1n) is 5.98. The van der Waals surface area contributed by atoms with Crippen LogP contribution in [-0.4, -0.2) is 11.3 Å². The van der Waals surface area contributed by atoms with Crippen LogP contribution in [0.3, 0.4) is 0 Å². The molecule has 0 spiro atoms. The summed E-state index contributed by atoms with van der Waals surface area (Å²) in [5, 5.41) is 3.26. The van der Waals surface area contributed by atoms with E-state index in [-0.39, 0.29) is 5.41 Å². The van der Waals surface area contributed by atoms with Gasteiger partial charge >= 0.3 is 0 Å². The van der Waals surface area contributed by atoms with Gasteiger partial charge in [-0.3, -0.25) is 4.79 Å². The van der Waals surface area contributed by atoms with Crippen molar-refractivity contribution in [3.05, 3.63) is 51.5 Å². The van der Waals surface area contributed by atoms with Crippen LogP contribution >= 0.6 is 11.3 Å². The van der Waals surface area contributed by atoms with E-state index in [0.717, 1.165) is 23.4 Å². The number of carbonyl (C=O) groups excluding carboxylic acids is 1. The van der Waals surface area contributed by atoms with Gasteiger partial charge in [-0.05, 0) is 5.56 Å². The van der Waals surface area contributed by atoms with Gasteiger partial charge in [0, 0.05) is 22.8 Å². The summed E-state index contributed by atoms with van der Waals surface area (Å²) in [5.74, 6) is 0. The van der Waals surface area contributed by atoms with E-state index in [0.29, 0.717) is 5.56 Å². The number of hydrogen-bond acceptors (Lipinski definition) is 3. The number of rotatable bonds is 3. The molecule has 18 heavy (non-hydrogen) atoms. The Labute approximate surface area is 112 Å². The zero-order valence-corrected chi connectivity index (χ0v) is 11.8. The summed E-state index contributed by atoms with van der Waals surface area (Å²) in [6.45, 7) is 6.51. The predicted molar refractivity (Wildman–Crippen MR) is 75.4 cm³/mol. The van der Waals surface area contributed by atoms with E-state index in [2.05, 4.69) is 31.1 Å². The SMILES string of the molecule is CC(C)(C)c1csc(Cc2ccc(C=O)cc2)n1.